The van der Waals surface area contributed by atoms with Gasteiger partial charge in [0.15, 0.2) is 6.23 Å². The minimum Gasteiger partial charge on any atom is -0.462 e. The second kappa shape index (κ2) is 11.3. The fourth-order valence-electron chi connectivity index (χ4n) is 2.94. The lowest BCUT2D eigenvalue weighted by Crippen LogP contribution is -2.39. The predicted molar refractivity (Wildman–Crippen MR) is 115 cm³/mol. The van der Waals surface area contributed by atoms with Crippen molar-refractivity contribution < 1.29 is 37.5 Å². The molecule has 1 fully saturated rings. The highest BCUT2D eigenvalue weighted by atomic mass is 32.2. The molecule has 3 rings (SSSR count). The zero-order valence-corrected chi connectivity index (χ0v) is 18.4. The van der Waals surface area contributed by atoms with Crippen LogP contribution in [0.25, 0.3) is 0 Å². The Kier molecular flexibility index (Phi) is 9.04. The quantitative estimate of drug-likeness (QED) is 0.222. The Morgan fingerprint density at radius 2 is 1.85 bits per heavy atom. The molecule has 0 bridgehead atoms. The van der Waals surface area contributed by atoms with Crippen LogP contribution in [-0.2, 0) is 30.8 Å². The topological polar surface area (TPSA) is 217 Å². The van der Waals surface area contributed by atoms with E-state index in [0.717, 1.165) is 10.1 Å². The smallest absolute Gasteiger partial charge is 0.351 e. The molecule has 2 aromatic rings. The lowest BCUT2D eigenvalue weighted by Gasteiger charge is -2.17. The Hall–Kier alpha value is -2.88. The molecular weight excluding hydrogens is 460 g/mol. The summed E-state index contributed by atoms with van der Waals surface area (Å²) in [4.78, 5) is 27.6. The van der Waals surface area contributed by atoms with Gasteiger partial charge in [0.05, 0.1) is 6.26 Å². The highest BCUT2D eigenvalue weighted by Crippen LogP contribution is 2.28. The Balaban J connectivity index is 0.000000696. The van der Waals surface area contributed by atoms with Crippen LogP contribution in [0.4, 0.5) is 5.82 Å². The van der Waals surface area contributed by atoms with Crippen LogP contribution in [0.3, 0.4) is 0 Å². The number of aliphatic hydroxyl groups is 2. The van der Waals surface area contributed by atoms with E-state index in [1.54, 1.807) is 0 Å². The van der Waals surface area contributed by atoms with Crippen LogP contribution in [0.15, 0.2) is 47.4 Å². The first kappa shape index (κ1) is 26.4. The van der Waals surface area contributed by atoms with E-state index in [1.807, 2.05) is 30.3 Å². The average molecular weight is 487 g/mol. The van der Waals surface area contributed by atoms with Crippen molar-refractivity contribution in [1.29, 1.82) is 0 Å². The molecule has 0 radical (unpaired) electrons. The van der Waals surface area contributed by atoms with E-state index >= 15 is 0 Å². The molecule has 0 amide bonds. The van der Waals surface area contributed by atoms with E-state index in [0.29, 0.717) is 12.7 Å². The SMILES string of the molecule is CS(=O)(=O)O.Nc1ccn([C@@H]2O[C@H](COC(=O)[C@@H](N)Cc3ccccc3)[C@@H](O)[C@@H]2O)c(=O)n1. The summed E-state index contributed by atoms with van der Waals surface area (Å²) in [6.45, 7) is -0.326. The molecule has 1 aromatic carbocycles. The molecule has 2 heterocycles. The minimum absolute atomic E-state index is 0.0205. The lowest BCUT2D eigenvalue weighted by molar-refractivity contribution is -0.151. The van der Waals surface area contributed by atoms with Gasteiger partial charge in [0.1, 0.15) is 36.8 Å². The van der Waals surface area contributed by atoms with E-state index in [1.165, 1.54) is 12.3 Å². The van der Waals surface area contributed by atoms with Crippen LogP contribution in [0.2, 0.25) is 0 Å². The van der Waals surface area contributed by atoms with E-state index in [2.05, 4.69) is 4.98 Å². The van der Waals surface area contributed by atoms with E-state index in [9.17, 15) is 28.2 Å². The molecule has 182 valence electrons. The van der Waals surface area contributed by atoms with Crippen LogP contribution in [0.1, 0.15) is 11.8 Å². The first-order chi connectivity index (χ1) is 15.4. The number of aliphatic hydroxyl groups excluding tert-OH is 2. The van der Waals surface area contributed by atoms with Crippen molar-refractivity contribution in [1.82, 2.24) is 9.55 Å². The maximum absolute atomic E-state index is 12.1. The first-order valence-corrected chi connectivity index (χ1v) is 11.5. The molecule has 13 nitrogen and oxygen atoms in total. The highest BCUT2D eigenvalue weighted by molar-refractivity contribution is 7.85. The Labute approximate surface area is 189 Å². The third-order valence-corrected chi connectivity index (χ3v) is 4.45. The molecule has 7 N–H and O–H groups in total. The number of rotatable bonds is 6. The van der Waals surface area contributed by atoms with Crippen molar-refractivity contribution in [2.75, 3.05) is 18.6 Å². The number of aromatic nitrogens is 2. The number of nitrogen functional groups attached to an aromatic ring is 1. The largest absolute Gasteiger partial charge is 0.462 e. The lowest BCUT2D eigenvalue weighted by atomic mass is 10.1. The summed E-state index contributed by atoms with van der Waals surface area (Å²) < 4.78 is 37.5. The number of nitrogens with zero attached hydrogens (tertiary/aromatic N) is 2. The number of hydrogen-bond donors (Lipinski definition) is 5. The van der Waals surface area contributed by atoms with Gasteiger partial charge in [-0.1, -0.05) is 30.3 Å². The van der Waals surface area contributed by atoms with Gasteiger partial charge in [0.2, 0.25) is 0 Å². The molecule has 1 aromatic heterocycles. The number of ether oxygens (including phenoxy) is 2. The number of anilines is 1. The van der Waals surface area contributed by atoms with Crippen LogP contribution < -0.4 is 17.2 Å². The molecule has 33 heavy (non-hydrogen) atoms. The summed E-state index contributed by atoms with van der Waals surface area (Å²) in [5.41, 5.74) is 11.4. The zero-order valence-electron chi connectivity index (χ0n) is 17.6. The molecule has 14 heteroatoms. The summed E-state index contributed by atoms with van der Waals surface area (Å²) in [7, 11) is -3.67. The molecule has 0 aliphatic carbocycles. The third-order valence-electron chi connectivity index (χ3n) is 4.45. The summed E-state index contributed by atoms with van der Waals surface area (Å²) in [5, 5.41) is 20.3. The van der Waals surface area contributed by atoms with Gasteiger partial charge in [0, 0.05) is 6.20 Å². The number of nitrogens with two attached hydrogens (primary N) is 2. The van der Waals surface area contributed by atoms with Crippen molar-refractivity contribution in [3.63, 3.8) is 0 Å². The number of benzene rings is 1. The second-order valence-electron chi connectivity index (χ2n) is 7.25. The normalized spacial score (nSPS) is 23.3. The molecule has 1 saturated heterocycles. The van der Waals surface area contributed by atoms with Gasteiger partial charge in [-0.05, 0) is 18.1 Å². The summed E-state index contributed by atoms with van der Waals surface area (Å²) in [6, 6.07) is 9.70. The van der Waals surface area contributed by atoms with E-state index in [4.69, 9.17) is 25.5 Å². The number of carbonyl (C=O) groups is 1. The average Bonchev–Trinajstić information content (AvgIpc) is 3.00. The van der Waals surface area contributed by atoms with Gasteiger partial charge in [-0.15, -0.1) is 0 Å². The maximum Gasteiger partial charge on any atom is 0.351 e. The molecule has 0 saturated carbocycles. The number of carbonyl (C=O) groups excluding carboxylic acids is 1. The van der Waals surface area contributed by atoms with E-state index < -0.39 is 52.4 Å². The van der Waals surface area contributed by atoms with Gasteiger partial charge in [0.25, 0.3) is 10.1 Å². The number of esters is 1. The van der Waals surface area contributed by atoms with Crippen LogP contribution in [0, 0.1) is 0 Å². The minimum atomic E-state index is -3.67. The van der Waals surface area contributed by atoms with E-state index in [-0.39, 0.29) is 12.4 Å². The van der Waals surface area contributed by atoms with Crippen LogP contribution >= 0.6 is 0 Å². The molecular formula is C19H26N4O9S. The molecule has 0 unspecified atom stereocenters. The molecule has 5 atom stereocenters. The van der Waals surface area contributed by atoms with Crippen LogP contribution in [-0.4, -0.2) is 75.9 Å². The fraction of sp³-hybridized carbons (Fsp3) is 0.421. The van der Waals surface area contributed by atoms with Gasteiger partial charge < -0.3 is 31.2 Å². The summed E-state index contributed by atoms with van der Waals surface area (Å²) in [5.74, 6) is -0.643. The molecule has 1 aliphatic rings. The zero-order chi connectivity index (χ0) is 24.8. The number of hydrogen-bond acceptors (Lipinski definition) is 11. The van der Waals surface area contributed by atoms with Gasteiger partial charge >= 0.3 is 11.7 Å². The molecule has 0 spiro atoms. The summed E-state index contributed by atoms with van der Waals surface area (Å²) >= 11 is 0. The van der Waals surface area contributed by atoms with Crippen molar-refractivity contribution in [3.05, 3.63) is 58.6 Å². The Bertz CT molecular complexity index is 1090. The Morgan fingerprint density at radius 3 is 2.42 bits per heavy atom. The Morgan fingerprint density at radius 1 is 1.24 bits per heavy atom. The van der Waals surface area contributed by atoms with Gasteiger partial charge in [-0.3, -0.25) is 13.9 Å². The van der Waals surface area contributed by atoms with Crippen molar-refractivity contribution in [2.45, 2.75) is 37.0 Å². The van der Waals surface area contributed by atoms with Gasteiger partial charge in [-0.25, -0.2) is 4.79 Å². The van der Waals surface area contributed by atoms with Gasteiger partial charge in [-0.2, -0.15) is 13.4 Å². The van der Waals surface area contributed by atoms with Crippen molar-refractivity contribution in [2.24, 2.45) is 5.73 Å². The molecule has 1 aliphatic heterocycles. The van der Waals surface area contributed by atoms with Crippen LogP contribution in [0.5, 0.6) is 0 Å². The fourth-order valence-corrected chi connectivity index (χ4v) is 2.94. The predicted octanol–water partition coefficient (Wildman–Crippen LogP) is -1.94. The third kappa shape index (κ3) is 8.20. The first-order valence-electron chi connectivity index (χ1n) is 9.61. The summed E-state index contributed by atoms with van der Waals surface area (Å²) in [6.07, 6.45) is -2.68. The van der Waals surface area contributed by atoms with Crippen molar-refractivity contribution >= 4 is 21.9 Å². The van der Waals surface area contributed by atoms with Crippen molar-refractivity contribution in [3.8, 4) is 0 Å². The maximum atomic E-state index is 12.1. The highest BCUT2D eigenvalue weighted by Gasteiger charge is 2.44. The second-order valence-corrected chi connectivity index (χ2v) is 8.71. The standard InChI is InChI=1S/C18H22N4O6.CH4O3S/c19-11(8-10-4-2-1-3-5-10)17(25)27-9-12-14(23)15(24)16(28-12)22-7-6-13(20)21-18(22)26;1-5(2,3)4/h1-7,11-12,14-16,23-24H,8-9,19H2,(H2,20,21,26);1H3,(H,2,3,4)/t11-,12+,14+,15-,16+;/m0./s1. The monoisotopic (exact) mass is 486 g/mol.